The third-order valence-corrected chi connectivity index (χ3v) is 6.23. The van der Waals surface area contributed by atoms with Crippen LogP contribution >= 0.6 is 0 Å². The Balaban J connectivity index is 1.75. The van der Waals surface area contributed by atoms with E-state index in [1.165, 1.54) is 13.3 Å². The van der Waals surface area contributed by atoms with Crippen molar-refractivity contribution >= 4 is 28.3 Å². The topological polar surface area (TPSA) is 95.9 Å². The van der Waals surface area contributed by atoms with E-state index < -0.39 is 11.2 Å². The zero-order chi connectivity index (χ0) is 27.2. The summed E-state index contributed by atoms with van der Waals surface area (Å²) in [6, 6.07) is 17.3. The Morgan fingerprint density at radius 3 is 2.29 bits per heavy atom. The molecule has 0 fully saturated rings. The lowest BCUT2D eigenvalue weighted by atomic mass is 10.0. The van der Waals surface area contributed by atoms with Crippen molar-refractivity contribution in [1.82, 2.24) is 4.57 Å². The molecule has 0 spiro atoms. The summed E-state index contributed by atoms with van der Waals surface area (Å²) in [5, 5.41) is 3.13. The third-order valence-electron chi connectivity index (χ3n) is 6.23. The number of aryl methyl sites for hydroxylation is 1. The second-order valence-electron chi connectivity index (χ2n) is 8.61. The summed E-state index contributed by atoms with van der Waals surface area (Å²) in [7, 11) is 3.04. The number of fused-ring (bicyclic) bond motifs is 1. The number of ether oxygens (including phenoxy) is 3. The van der Waals surface area contributed by atoms with Gasteiger partial charge in [-0.1, -0.05) is 31.2 Å². The molecule has 1 heterocycles. The second kappa shape index (κ2) is 11.6. The molecule has 38 heavy (non-hydrogen) atoms. The molecule has 0 aliphatic carbocycles. The minimum absolute atomic E-state index is 0.0229. The number of carbonyl (C=O) groups excluding carboxylic acids is 2. The van der Waals surface area contributed by atoms with Crippen LogP contribution in [0.4, 0.5) is 5.69 Å². The predicted octanol–water partition coefficient (Wildman–Crippen LogP) is 4.85. The number of amides is 1. The fourth-order valence-corrected chi connectivity index (χ4v) is 4.22. The smallest absolute Gasteiger partial charge is 0.244 e. The van der Waals surface area contributed by atoms with E-state index in [2.05, 4.69) is 5.32 Å². The summed E-state index contributed by atoms with van der Waals surface area (Å²) in [4.78, 5) is 40.0. The number of carbonyl (C=O) groups is 2. The Morgan fingerprint density at radius 1 is 0.895 bits per heavy atom. The first-order chi connectivity index (χ1) is 18.4. The largest absolute Gasteiger partial charge is 0.497 e. The van der Waals surface area contributed by atoms with Crippen LogP contribution in [0.5, 0.6) is 17.2 Å². The highest BCUT2D eigenvalue weighted by atomic mass is 16.5. The molecule has 0 saturated heterocycles. The second-order valence-corrected chi connectivity index (χ2v) is 8.61. The van der Waals surface area contributed by atoms with Gasteiger partial charge in [-0.25, -0.2) is 0 Å². The van der Waals surface area contributed by atoms with Crippen molar-refractivity contribution < 1.29 is 23.8 Å². The molecule has 0 bridgehead atoms. The average Bonchev–Trinajstić information content (AvgIpc) is 2.94. The number of ketones is 1. The van der Waals surface area contributed by atoms with Crippen LogP contribution in [0.3, 0.4) is 0 Å². The lowest BCUT2D eigenvalue weighted by molar-refractivity contribution is -0.116. The van der Waals surface area contributed by atoms with Gasteiger partial charge in [0.2, 0.25) is 11.3 Å². The predicted molar refractivity (Wildman–Crippen MR) is 147 cm³/mol. The SMILES string of the molecule is CCOc1ccc2c(c1)c(=O)c(C(=O)c1ccc(CC)cc1)cn2CC(=O)Nc1ccc(OC)cc1OC. The maximum absolute atomic E-state index is 13.5. The summed E-state index contributed by atoms with van der Waals surface area (Å²) < 4.78 is 17.8. The first kappa shape index (κ1) is 26.5. The van der Waals surface area contributed by atoms with E-state index in [0.717, 1.165) is 12.0 Å². The monoisotopic (exact) mass is 514 g/mol. The van der Waals surface area contributed by atoms with Gasteiger partial charge in [0.05, 0.1) is 43.0 Å². The van der Waals surface area contributed by atoms with E-state index in [-0.39, 0.29) is 18.0 Å². The molecule has 0 radical (unpaired) electrons. The number of nitrogens with one attached hydrogen (secondary N) is 1. The molecule has 1 amide bonds. The van der Waals surface area contributed by atoms with Crippen molar-refractivity contribution in [3.05, 3.63) is 93.8 Å². The Labute approximate surface area is 220 Å². The fraction of sp³-hybridized carbons (Fsp3) is 0.233. The van der Waals surface area contributed by atoms with Crippen LogP contribution < -0.4 is 25.0 Å². The number of pyridine rings is 1. The van der Waals surface area contributed by atoms with E-state index >= 15 is 0 Å². The number of benzene rings is 3. The molecule has 3 aromatic carbocycles. The van der Waals surface area contributed by atoms with Crippen LogP contribution in [-0.2, 0) is 17.8 Å². The lowest BCUT2D eigenvalue weighted by Crippen LogP contribution is -2.24. The number of methoxy groups -OCH3 is 2. The van der Waals surface area contributed by atoms with Crippen LogP contribution in [0.25, 0.3) is 10.9 Å². The standard InChI is InChI=1S/C30H30N2O6/c1-5-19-7-9-20(10-8-19)29(34)24-17-32(26-14-12-22(38-6-2)15-23(26)30(24)35)18-28(33)31-25-13-11-21(36-3)16-27(25)37-4/h7-17H,5-6,18H2,1-4H3,(H,31,33). The molecule has 8 heteroatoms. The molecular weight excluding hydrogens is 484 g/mol. The Kier molecular flexibility index (Phi) is 8.11. The lowest BCUT2D eigenvalue weighted by Gasteiger charge is -2.16. The number of nitrogens with zero attached hydrogens (tertiary/aromatic N) is 1. The fourth-order valence-electron chi connectivity index (χ4n) is 4.22. The molecule has 1 aromatic heterocycles. The van der Waals surface area contributed by atoms with E-state index in [0.29, 0.717) is 46.0 Å². The summed E-state index contributed by atoms with van der Waals surface area (Å²) in [6.45, 7) is 4.16. The van der Waals surface area contributed by atoms with Gasteiger partial charge in [0, 0.05) is 17.8 Å². The van der Waals surface area contributed by atoms with Crippen LogP contribution in [0.1, 0.15) is 35.3 Å². The van der Waals surface area contributed by atoms with Crippen molar-refractivity contribution in [2.75, 3.05) is 26.1 Å². The highest BCUT2D eigenvalue weighted by molar-refractivity contribution is 6.10. The van der Waals surface area contributed by atoms with E-state index in [9.17, 15) is 14.4 Å². The van der Waals surface area contributed by atoms with Gasteiger partial charge < -0.3 is 24.1 Å². The maximum atomic E-state index is 13.5. The van der Waals surface area contributed by atoms with Crippen LogP contribution in [-0.4, -0.2) is 37.1 Å². The zero-order valence-electron chi connectivity index (χ0n) is 21.9. The van der Waals surface area contributed by atoms with Gasteiger partial charge in [0.1, 0.15) is 23.8 Å². The van der Waals surface area contributed by atoms with E-state index in [4.69, 9.17) is 14.2 Å². The summed E-state index contributed by atoms with van der Waals surface area (Å²) >= 11 is 0. The van der Waals surface area contributed by atoms with Gasteiger partial charge >= 0.3 is 0 Å². The van der Waals surface area contributed by atoms with Crippen molar-refractivity contribution in [3.63, 3.8) is 0 Å². The summed E-state index contributed by atoms with van der Waals surface area (Å²) in [5.74, 6) is 0.764. The van der Waals surface area contributed by atoms with Gasteiger partial charge in [-0.05, 0) is 49.2 Å². The first-order valence-corrected chi connectivity index (χ1v) is 12.3. The molecule has 4 rings (SSSR count). The molecule has 0 atom stereocenters. The van der Waals surface area contributed by atoms with Crippen LogP contribution in [0, 0.1) is 0 Å². The van der Waals surface area contributed by atoms with Gasteiger partial charge in [-0.15, -0.1) is 0 Å². The molecule has 0 aliphatic rings. The van der Waals surface area contributed by atoms with Crippen LogP contribution in [0.2, 0.25) is 0 Å². The normalized spacial score (nSPS) is 10.7. The van der Waals surface area contributed by atoms with E-state index in [1.54, 1.807) is 60.2 Å². The average molecular weight is 515 g/mol. The number of aromatic nitrogens is 1. The van der Waals surface area contributed by atoms with Gasteiger partial charge in [-0.2, -0.15) is 0 Å². The van der Waals surface area contributed by atoms with E-state index in [1.807, 2.05) is 26.0 Å². The van der Waals surface area contributed by atoms with Gasteiger partial charge in [0.25, 0.3) is 0 Å². The van der Waals surface area contributed by atoms with Crippen molar-refractivity contribution in [1.29, 1.82) is 0 Å². The molecule has 0 saturated carbocycles. The molecular formula is C30H30N2O6. The Hall–Kier alpha value is -4.59. The zero-order valence-corrected chi connectivity index (χ0v) is 21.9. The highest BCUT2D eigenvalue weighted by Gasteiger charge is 2.19. The number of anilines is 1. The molecule has 1 N–H and O–H groups in total. The minimum atomic E-state index is -0.417. The molecule has 0 unspecified atom stereocenters. The third kappa shape index (κ3) is 5.54. The first-order valence-electron chi connectivity index (χ1n) is 12.3. The van der Waals surface area contributed by atoms with Gasteiger partial charge in [-0.3, -0.25) is 14.4 Å². The van der Waals surface area contributed by atoms with Crippen molar-refractivity contribution in [3.8, 4) is 17.2 Å². The number of hydrogen-bond acceptors (Lipinski definition) is 6. The number of hydrogen-bond donors (Lipinski definition) is 1. The molecule has 8 nitrogen and oxygen atoms in total. The van der Waals surface area contributed by atoms with Crippen LogP contribution in [0.15, 0.2) is 71.7 Å². The number of rotatable bonds is 10. The van der Waals surface area contributed by atoms with Crippen molar-refractivity contribution in [2.24, 2.45) is 0 Å². The quantitative estimate of drug-likeness (QED) is 0.304. The minimum Gasteiger partial charge on any atom is -0.497 e. The highest BCUT2D eigenvalue weighted by Crippen LogP contribution is 2.29. The Bertz CT molecular complexity index is 1540. The molecule has 0 aliphatic heterocycles. The van der Waals surface area contributed by atoms with Gasteiger partial charge in [0.15, 0.2) is 5.78 Å². The Morgan fingerprint density at radius 2 is 1.63 bits per heavy atom. The summed E-state index contributed by atoms with van der Waals surface area (Å²) in [5.41, 5.74) is 2.02. The molecule has 196 valence electrons. The van der Waals surface area contributed by atoms with Crippen molar-refractivity contribution in [2.45, 2.75) is 26.8 Å². The maximum Gasteiger partial charge on any atom is 0.244 e. The molecule has 4 aromatic rings. The summed E-state index contributed by atoms with van der Waals surface area (Å²) in [6.07, 6.45) is 2.29.